The summed E-state index contributed by atoms with van der Waals surface area (Å²) >= 11 is 6.32. The number of benzene rings is 6. The predicted octanol–water partition coefficient (Wildman–Crippen LogP) is 11.5. The number of amides is 10. The van der Waals surface area contributed by atoms with E-state index < -0.39 is 53.4 Å². The third kappa shape index (κ3) is 15.3. The molecule has 26 nitrogen and oxygen atoms in total. The van der Waals surface area contributed by atoms with Crippen LogP contribution >= 0.6 is 11.6 Å². The first-order valence-electron chi connectivity index (χ1n) is 40.5. The minimum Gasteiger partial charge on any atom is -0.371 e. The van der Waals surface area contributed by atoms with E-state index in [9.17, 15) is 52.7 Å². The van der Waals surface area contributed by atoms with Crippen molar-refractivity contribution in [1.82, 2.24) is 40.4 Å². The second-order valence-electron chi connectivity index (χ2n) is 33.6. The van der Waals surface area contributed by atoms with Crippen LogP contribution in [-0.4, -0.2) is 186 Å². The summed E-state index contributed by atoms with van der Waals surface area (Å²) in [6, 6.07) is 33.6. The zero-order chi connectivity index (χ0) is 81.0. The normalized spacial score (nSPS) is 22.9. The maximum absolute atomic E-state index is 13.6. The fourth-order valence-corrected chi connectivity index (χ4v) is 20.1. The predicted molar refractivity (Wildman–Crippen MR) is 434 cm³/mol. The summed E-state index contributed by atoms with van der Waals surface area (Å²) in [5.41, 5.74) is 13.1. The Labute approximate surface area is 678 Å². The summed E-state index contributed by atoms with van der Waals surface area (Å²) in [4.78, 5) is 165. The van der Waals surface area contributed by atoms with E-state index in [1.165, 1.54) is 5.69 Å². The number of hydrogen-bond donors (Lipinski definition) is 3. The maximum Gasteiger partial charge on any atom is 0.262 e. The lowest BCUT2D eigenvalue weighted by atomic mass is 9.76. The molecule has 12 aliphatic heterocycles. The molecule has 6 aromatic carbocycles. The van der Waals surface area contributed by atoms with E-state index in [4.69, 9.17) is 31.3 Å². The van der Waals surface area contributed by atoms with Gasteiger partial charge in [-0.3, -0.25) is 83.0 Å². The molecule has 12 heterocycles. The largest absolute Gasteiger partial charge is 0.371 e. The van der Waals surface area contributed by atoms with Gasteiger partial charge in [-0.25, -0.2) is 4.85 Å². The molecule has 0 aliphatic carbocycles. The molecule has 0 aromatic heterocycles. The van der Waals surface area contributed by atoms with Crippen molar-refractivity contribution in [3.8, 4) is 0 Å². The minimum atomic E-state index is -0.970. The van der Waals surface area contributed by atoms with Gasteiger partial charge in [0, 0.05) is 168 Å². The molecule has 27 heteroatoms. The summed E-state index contributed by atoms with van der Waals surface area (Å²) in [5, 5.41) is 8.13. The van der Waals surface area contributed by atoms with E-state index in [-0.39, 0.29) is 54.7 Å². The molecule has 10 amide bonds. The maximum atomic E-state index is 13.6. The molecule has 3 N–H and O–H groups in total. The summed E-state index contributed by atoms with van der Waals surface area (Å²) in [6.45, 7) is 38.8. The van der Waals surface area contributed by atoms with Crippen LogP contribution in [0.25, 0.3) is 14.5 Å². The van der Waals surface area contributed by atoms with Crippen LogP contribution in [0.2, 0.25) is 5.02 Å². The van der Waals surface area contributed by atoms with Crippen molar-refractivity contribution >= 4 is 117 Å². The van der Waals surface area contributed by atoms with Gasteiger partial charge < -0.3 is 39.5 Å². The number of fused-ring (bicyclic) bond motifs is 4. The SMILES string of the molecule is O=C1CCC(N2C(=O)c3cc4c(cc3C2=O)CNC4)C(=O)N1.[C-]#[N+]c1ccc(N2CC3(CCN(c4ccc(C(=O)N5CCC(C=O)CC5)cc4)CC3)C[C@@H]2C)cc1Cl.[C-]#[N+]c1ccc(N2CC3(CCN(c4ccc(C(=O)N5CCC(CN6Cc7cc8c(cc7C6)C(=O)N(C6CCC(=O)NC6=O)C8=O)CC5)cc4)CC3)C[C@@H]2C)cc1[N+]#[C-]. The number of carbonyl (C=O) groups is 11. The molecule has 0 bridgehead atoms. The topological polar surface area (TPSA) is 266 Å². The number of piperidine rings is 6. The van der Waals surface area contributed by atoms with Gasteiger partial charge in [0.1, 0.15) is 18.4 Å². The number of rotatable bonds is 11. The molecule has 12 aliphatic rings. The number of carbonyl (C=O) groups excluding carboxylic acids is 11. The highest BCUT2D eigenvalue weighted by atomic mass is 35.5. The van der Waals surface area contributed by atoms with Crippen LogP contribution in [0.1, 0.15) is 188 Å². The van der Waals surface area contributed by atoms with Crippen molar-refractivity contribution in [1.29, 1.82) is 0 Å². The fourth-order valence-electron chi connectivity index (χ4n) is 19.9. The van der Waals surface area contributed by atoms with E-state index in [1.54, 1.807) is 18.2 Å². The lowest BCUT2D eigenvalue weighted by Crippen LogP contribution is -2.54. The molecule has 2 spiro atoms. The van der Waals surface area contributed by atoms with E-state index in [0.717, 1.165) is 171 Å². The molecule has 596 valence electrons. The Morgan fingerprint density at radius 3 is 1.28 bits per heavy atom. The monoisotopic (exact) mass is 1580 g/mol. The van der Waals surface area contributed by atoms with Gasteiger partial charge in [0.25, 0.3) is 35.4 Å². The fraction of sp³-hybridized carbons (Fsp3) is 0.438. The van der Waals surface area contributed by atoms with Crippen LogP contribution in [0.4, 0.5) is 39.8 Å². The zero-order valence-electron chi connectivity index (χ0n) is 65.2. The van der Waals surface area contributed by atoms with Gasteiger partial charge in [-0.1, -0.05) is 29.8 Å². The van der Waals surface area contributed by atoms with Crippen molar-refractivity contribution in [2.24, 2.45) is 22.7 Å². The van der Waals surface area contributed by atoms with E-state index in [2.05, 4.69) is 93.1 Å². The van der Waals surface area contributed by atoms with Crippen molar-refractivity contribution in [2.45, 2.75) is 154 Å². The van der Waals surface area contributed by atoms with E-state index in [1.807, 2.05) is 76.5 Å². The Bertz CT molecular complexity index is 5080. The van der Waals surface area contributed by atoms with Crippen molar-refractivity contribution in [3.05, 3.63) is 204 Å². The number of likely N-dealkylation sites (tertiary alicyclic amines) is 2. The highest BCUT2D eigenvalue weighted by Gasteiger charge is 2.50. The average molecular weight is 1580 g/mol. The van der Waals surface area contributed by atoms with E-state index in [0.29, 0.717) is 126 Å². The van der Waals surface area contributed by atoms with Crippen molar-refractivity contribution in [3.63, 3.8) is 0 Å². The van der Waals surface area contributed by atoms with Crippen LogP contribution < -0.4 is 35.6 Å². The van der Waals surface area contributed by atoms with E-state index >= 15 is 0 Å². The Morgan fingerprint density at radius 1 is 0.483 bits per heavy atom. The number of imide groups is 4. The first-order valence-corrected chi connectivity index (χ1v) is 40.9. The molecule has 2 unspecified atom stereocenters. The number of halogens is 1. The second kappa shape index (κ2) is 32.2. The molecule has 4 atom stereocenters. The third-order valence-electron chi connectivity index (χ3n) is 26.4. The molecule has 18 rings (SSSR count). The molecule has 6 aromatic rings. The highest BCUT2D eigenvalue weighted by molar-refractivity contribution is 6.33. The van der Waals surface area contributed by atoms with Crippen LogP contribution in [0, 0.1) is 42.4 Å². The van der Waals surface area contributed by atoms with Gasteiger partial charge in [0.15, 0.2) is 11.4 Å². The Morgan fingerprint density at radius 2 is 0.879 bits per heavy atom. The van der Waals surface area contributed by atoms with Crippen molar-refractivity contribution in [2.75, 3.05) is 91.6 Å². The number of nitrogens with zero attached hydrogens (tertiary/aromatic N) is 12. The molecule has 0 saturated carbocycles. The molecule has 0 radical (unpaired) electrons. The number of aldehydes is 1. The first kappa shape index (κ1) is 78.3. The number of hydrogen-bond acceptors (Lipinski definition) is 17. The van der Waals surface area contributed by atoms with Crippen LogP contribution in [0.5, 0.6) is 0 Å². The van der Waals surface area contributed by atoms with Crippen LogP contribution in [-0.2, 0) is 50.2 Å². The molecule has 8 saturated heterocycles. The second-order valence-corrected chi connectivity index (χ2v) is 34.0. The van der Waals surface area contributed by atoms with Gasteiger partial charge >= 0.3 is 0 Å². The van der Waals surface area contributed by atoms with Gasteiger partial charge in [-0.05, 0) is 221 Å². The van der Waals surface area contributed by atoms with Gasteiger partial charge in [-0.2, -0.15) is 0 Å². The minimum absolute atomic E-state index is 0.0630. The standard InChI is InChI=1S/C45H46N8O5.C29H33ClN4O2.C15H13N3O4/c1-28-23-45(27-52(28)34-8-9-37(46-2)38(22-34)47-3)14-18-50(19-15-45)33-6-4-30(5-7-33)42(56)51-16-12-29(13-17-51)24-49-25-31-20-35-36(21-32(31)26-49)44(58)53(43(35)57)39-10-11-40(54)48-41(39)55;1-21-18-29(20-34(21)25-7-8-27(31-2)26(30)17-25)11-15-32(16-12-29)24-5-3-23(4-6-24)28(36)33-13-9-22(19-35)10-14-33;19-12-2-1-11(13(20)17-12)18-14(21)9-3-7-5-16-6-8(7)4-10(9)15(18)22/h4-9,20-22,28-29,39H,10-19,23-27H2,1H3,(H,48,54,55);3-8,17,19,21-22H,9-16,18,20H2,1H3;3-4,11,16H,1-2,5-6H2,(H,17,19,20)/t28-,39?;21-;/m00./s1. The smallest absolute Gasteiger partial charge is 0.262 e. The molecule has 116 heavy (non-hydrogen) atoms. The average Bonchev–Trinajstić information content (AvgIpc) is 1.57. The summed E-state index contributed by atoms with van der Waals surface area (Å²) in [5.74, 6) is -3.16. The Kier molecular flexibility index (Phi) is 21.7. The lowest BCUT2D eigenvalue weighted by Gasteiger charge is -2.40. The van der Waals surface area contributed by atoms with Crippen LogP contribution in [0.3, 0.4) is 0 Å². The molecular weight excluding hydrogens is 1490 g/mol. The van der Waals surface area contributed by atoms with Crippen molar-refractivity contribution < 1.29 is 52.7 Å². The first-order chi connectivity index (χ1) is 56.0. The third-order valence-corrected chi connectivity index (χ3v) is 26.7. The van der Waals surface area contributed by atoms with Gasteiger partial charge in [0.05, 0.1) is 42.0 Å². The highest BCUT2D eigenvalue weighted by Crippen LogP contribution is 2.49. The Balaban J connectivity index is 0.000000147. The molecular formula is C89H92ClN15O11. The zero-order valence-corrected chi connectivity index (χ0v) is 65.9. The summed E-state index contributed by atoms with van der Waals surface area (Å²) < 4.78 is 0. The van der Waals surface area contributed by atoms with Gasteiger partial charge in [-0.15, -0.1) is 0 Å². The number of nitrogens with one attached hydrogen (secondary N) is 3. The van der Waals surface area contributed by atoms with Crippen LogP contribution in [0.15, 0.2) is 109 Å². The quantitative estimate of drug-likeness (QED) is 0.0618. The lowest BCUT2D eigenvalue weighted by molar-refractivity contribution is -0.137. The number of anilines is 4. The summed E-state index contributed by atoms with van der Waals surface area (Å²) in [6.07, 6.45) is 11.6. The van der Waals surface area contributed by atoms with Gasteiger partial charge in [0.2, 0.25) is 29.3 Å². The Hall–Kier alpha value is -11.6. The summed E-state index contributed by atoms with van der Waals surface area (Å²) in [7, 11) is 0. The molecule has 8 fully saturated rings.